The summed E-state index contributed by atoms with van der Waals surface area (Å²) in [6, 6.07) is 11.3. The Kier molecular flexibility index (Phi) is 15.5. The molecule has 47 heavy (non-hydrogen) atoms. The number of nitrogens with zero attached hydrogens (tertiary/aromatic N) is 4. The van der Waals surface area contributed by atoms with Crippen LogP contribution in [0.15, 0.2) is 70.5 Å². The Morgan fingerprint density at radius 2 is 1.15 bits per heavy atom. The van der Waals surface area contributed by atoms with Gasteiger partial charge in [-0.05, 0) is 68.0 Å². The molecule has 4 aromatic rings. The number of carboxylic acids is 1. The van der Waals surface area contributed by atoms with Gasteiger partial charge in [0.1, 0.15) is 11.6 Å². The van der Waals surface area contributed by atoms with Crippen LogP contribution >= 0.6 is 0 Å². The van der Waals surface area contributed by atoms with Crippen LogP contribution < -0.4 is 29.7 Å². The molecule has 5 N–H and O–H groups in total. The predicted molar refractivity (Wildman–Crippen MR) is 161 cm³/mol. The molecule has 2 heterocycles. The standard InChI is InChI=1S/C16H15FN2O3.C14H11FN2O3.CH4O.Li.2H2O/c1-2-22-16(21)14-15(20)13(9-19(18-14)12-7-8-12)10-3-5-11(17)6-4-10;15-9-3-1-8(2-4-9)11-7-17(10-5-6-10)16-12(13(11)18)14(19)20;1-2;;;/h3-6,9,12H,2,7-8H2,1H3;1-4,7,10H,5-6H2,(H,19,20);2H,1H3;;2*1H2/q;;;+1;;/p-1. The van der Waals surface area contributed by atoms with E-state index in [0.29, 0.717) is 16.7 Å². The SMILES string of the molecule is CCOC(=O)c1nn(C2CC2)cc(-c2ccc(F)cc2)c1=O.CO.O.O=C(O)c1nn(C2CC2)cc(-c2ccc(F)cc2)c1=O.[Li+].[OH-]. The molecule has 0 radical (unpaired) electrons. The van der Waals surface area contributed by atoms with Crippen molar-refractivity contribution >= 4 is 11.9 Å². The van der Waals surface area contributed by atoms with E-state index in [0.717, 1.165) is 32.8 Å². The van der Waals surface area contributed by atoms with Crippen molar-refractivity contribution in [1.29, 1.82) is 0 Å². The summed E-state index contributed by atoms with van der Waals surface area (Å²) in [6.07, 6.45) is 6.91. The molecule has 2 aliphatic rings. The third-order valence-corrected chi connectivity index (χ3v) is 6.70. The Labute approximate surface area is 279 Å². The molecule has 0 atom stereocenters. The maximum absolute atomic E-state index is 13.1. The number of aliphatic hydroxyl groups excluding tert-OH is 1. The first-order chi connectivity index (χ1) is 21.2. The van der Waals surface area contributed by atoms with E-state index in [1.54, 1.807) is 24.0 Å². The van der Waals surface area contributed by atoms with Crippen LogP contribution in [0.2, 0.25) is 0 Å². The van der Waals surface area contributed by atoms with Crippen LogP contribution in [0.5, 0.6) is 0 Å². The van der Waals surface area contributed by atoms with Gasteiger partial charge in [-0.25, -0.2) is 18.4 Å². The van der Waals surface area contributed by atoms with Crippen LogP contribution in [0.25, 0.3) is 22.3 Å². The molecule has 2 aromatic heterocycles. The van der Waals surface area contributed by atoms with E-state index >= 15 is 0 Å². The van der Waals surface area contributed by atoms with Gasteiger partial charge in [-0.1, -0.05) is 24.3 Å². The van der Waals surface area contributed by atoms with Crippen molar-refractivity contribution in [3.8, 4) is 22.3 Å². The summed E-state index contributed by atoms with van der Waals surface area (Å²) in [5, 5.41) is 24.1. The number of rotatable bonds is 7. The van der Waals surface area contributed by atoms with E-state index in [-0.39, 0.29) is 65.6 Å². The van der Waals surface area contributed by atoms with Gasteiger partial charge in [-0.15, -0.1) is 0 Å². The minimum atomic E-state index is -1.35. The summed E-state index contributed by atoms with van der Waals surface area (Å²) in [5.41, 5.74) is -0.295. The van der Waals surface area contributed by atoms with Gasteiger partial charge >= 0.3 is 30.8 Å². The summed E-state index contributed by atoms with van der Waals surface area (Å²) in [4.78, 5) is 47.7. The monoisotopic (exact) mass is 650 g/mol. The van der Waals surface area contributed by atoms with Crippen LogP contribution in [0, 0.1) is 11.6 Å². The molecule has 2 aromatic carbocycles. The zero-order chi connectivity index (χ0) is 32.0. The van der Waals surface area contributed by atoms with Gasteiger partial charge in [0.05, 0.1) is 18.7 Å². The topological polar surface area (TPSA) is 215 Å². The molecule has 2 fully saturated rings. The van der Waals surface area contributed by atoms with Crippen LogP contribution in [0.4, 0.5) is 8.78 Å². The van der Waals surface area contributed by atoms with E-state index < -0.39 is 34.3 Å². The normalized spacial score (nSPS) is 12.7. The average Bonchev–Trinajstić information content (AvgIpc) is 3.94. The fourth-order valence-electron chi connectivity index (χ4n) is 4.21. The number of hydrogen-bond donors (Lipinski definition) is 2. The van der Waals surface area contributed by atoms with Gasteiger partial charge in [0.2, 0.25) is 22.2 Å². The number of hydrogen-bond acceptors (Lipinski definition) is 9. The van der Waals surface area contributed by atoms with Gasteiger partial charge in [0.25, 0.3) is 0 Å². The van der Waals surface area contributed by atoms with Crippen molar-refractivity contribution < 1.29 is 63.1 Å². The van der Waals surface area contributed by atoms with Crippen molar-refractivity contribution in [1.82, 2.24) is 19.6 Å². The molecule has 0 unspecified atom stereocenters. The Bertz CT molecular complexity index is 1770. The van der Waals surface area contributed by atoms with Gasteiger partial charge < -0.3 is 25.9 Å². The van der Waals surface area contributed by atoms with E-state index in [2.05, 4.69) is 10.2 Å². The zero-order valence-electron chi connectivity index (χ0n) is 25.9. The van der Waals surface area contributed by atoms with E-state index in [9.17, 15) is 28.0 Å². The maximum atomic E-state index is 13.1. The second-order valence-electron chi connectivity index (χ2n) is 9.90. The molecule has 13 nitrogen and oxygen atoms in total. The number of halogens is 2. The van der Waals surface area contributed by atoms with Crippen molar-refractivity contribution in [2.45, 2.75) is 44.7 Å². The molecule has 0 saturated heterocycles. The molecule has 2 saturated carbocycles. The number of aromatic carboxylic acids is 1. The molecule has 0 aliphatic heterocycles. The first-order valence-corrected chi connectivity index (χ1v) is 13.8. The first kappa shape index (κ1) is 40.5. The number of ether oxygens (including phenoxy) is 1. The number of carbonyl (C=O) groups is 2. The number of benzene rings is 2. The molecule has 246 valence electrons. The Morgan fingerprint density at radius 1 is 0.787 bits per heavy atom. The molecule has 6 rings (SSSR count). The second-order valence-corrected chi connectivity index (χ2v) is 9.90. The van der Waals surface area contributed by atoms with Crippen LogP contribution in [-0.2, 0) is 4.74 Å². The van der Waals surface area contributed by atoms with E-state index in [4.69, 9.17) is 14.9 Å². The molecule has 16 heteroatoms. The number of aromatic nitrogens is 4. The predicted octanol–water partition coefficient (Wildman–Crippen LogP) is 0.255. The van der Waals surface area contributed by atoms with Gasteiger partial charge in [0.15, 0.2) is 0 Å². The number of carboxylic acid groups (broad SMARTS) is 1. The van der Waals surface area contributed by atoms with Crippen molar-refractivity contribution in [3.05, 3.63) is 104 Å². The minimum Gasteiger partial charge on any atom is -0.870 e. The fourth-order valence-corrected chi connectivity index (χ4v) is 4.21. The minimum absolute atomic E-state index is 0. The van der Waals surface area contributed by atoms with Gasteiger partial charge in [-0.3, -0.25) is 19.0 Å². The Morgan fingerprint density at radius 3 is 1.49 bits per heavy atom. The van der Waals surface area contributed by atoms with Crippen molar-refractivity contribution in [2.75, 3.05) is 13.7 Å². The van der Waals surface area contributed by atoms with Crippen LogP contribution in [0.1, 0.15) is 65.7 Å². The van der Waals surface area contributed by atoms with E-state index in [1.165, 1.54) is 53.2 Å². The fraction of sp³-hybridized carbons (Fsp3) is 0.290. The molecular formula is C31H33F2LiN4O9. The summed E-state index contributed by atoms with van der Waals surface area (Å²) >= 11 is 0. The summed E-state index contributed by atoms with van der Waals surface area (Å²) in [6.45, 7) is 1.84. The van der Waals surface area contributed by atoms with Crippen LogP contribution in [-0.4, -0.2) is 66.4 Å². The maximum Gasteiger partial charge on any atom is 1.00 e. The summed E-state index contributed by atoms with van der Waals surface area (Å²) in [7, 11) is 1.00. The smallest absolute Gasteiger partial charge is 0.870 e. The Balaban J connectivity index is 0.000000422. The van der Waals surface area contributed by atoms with Gasteiger partial charge in [0, 0.05) is 30.6 Å². The molecule has 0 bridgehead atoms. The van der Waals surface area contributed by atoms with E-state index in [1.807, 2.05) is 0 Å². The summed E-state index contributed by atoms with van der Waals surface area (Å²) < 4.78 is 34.0. The van der Waals surface area contributed by atoms with Gasteiger partial charge in [-0.2, -0.15) is 10.2 Å². The van der Waals surface area contributed by atoms with Crippen molar-refractivity contribution in [3.63, 3.8) is 0 Å². The number of carbonyl (C=O) groups excluding carboxylic acids is 1. The number of aliphatic hydroxyl groups is 1. The third-order valence-electron chi connectivity index (χ3n) is 6.70. The number of esters is 1. The average molecular weight is 651 g/mol. The van der Waals surface area contributed by atoms with Crippen LogP contribution in [0.3, 0.4) is 0 Å². The Hall–Kier alpha value is -4.52. The first-order valence-electron chi connectivity index (χ1n) is 13.8. The molecule has 0 spiro atoms. The second kappa shape index (κ2) is 18.0. The molecular weight excluding hydrogens is 617 g/mol. The largest absolute Gasteiger partial charge is 1.00 e. The molecule has 2 aliphatic carbocycles. The quantitative estimate of drug-likeness (QED) is 0.205. The zero-order valence-corrected chi connectivity index (χ0v) is 25.9. The van der Waals surface area contributed by atoms with Crippen molar-refractivity contribution in [2.24, 2.45) is 0 Å². The molecule has 0 amide bonds. The third kappa shape index (κ3) is 9.98. The summed E-state index contributed by atoms with van der Waals surface area (Å²) in [5.74, 6) is -2.88.